The van der Waals surface area contributed by atoms with E-state index in [2.05, 4.69) is 15.3 Å². The van der Waals surface area contributed by atoms with Crippen LogP contribution in [0.3, 0.4) is 0 Å². The maximum absolute atomic E-state index is 12.8. The zero-order chi connectivity index (χ0) is 15.9. The van der Waals surface area contributed by atoms with E-state index in [4.69, 9.17) is 11.6 Å². The normalized spacial score (nSPS) is 27.2. The topological polar surface area (TPSA) is 58.1 Å². The number of amides is 1. The summed E-state index contributed by atoms with van der Waals surface area (Å²) in [5.74, 6) is 0.732. The average molecular weight is 323 g/mol. The highest BCUT2D eigenvalue weighted by Crippen LogP contribution is 2.30. The van der Waals surface area contributed by atoms with Crippen LogP contribution in [0.5, 0.6) is 0 Å². The molecule has 2 aliphatic heterocycles. The van der Waals surface area contributed by atoms with Gasteiger partial charge in [0.2, 0.25) is 0 Å². The molecular formula is C16H23ClN4O. The molecule has 2 unspecified atom stereocenters. The molecule has 2 saturated heterocycles. The monoisotopic (exact) mass is 322 g/mol. The molecule has 0 saturated carbocycles. The first-order chi connectivity index (χ1) is 10.5. The van der Waals surface area contributed by atoms with E-state index in [0.717, 1.165) is 12.8 Å². The molecule has 22 heavy (non-hydrogen) atoms. The van der Waals surface area contributed by atoms with Crippen molar-refractivity contribution in [2.45, 2.75) is 63.6 Å². The van der Waals surface area contributed by atoms with Gasteiger partial charge in [0.15, 0.2) is 5.69 Å². The molecule has 1 amide bonds. The lowest BCUT2D eigenvalue weighted by Crippen LogP contribution is -2.49. The molecule has 0 radical (unpaired) electrons. The van der Waals surface area contributed by atoms with Gasteiger partial charge in [0.1, 0.15) is 5.82 Å². The average Bonchev–Trinajstić information content (AvgIpc) is 2.84. The standard InChI is InChI=1S/C16H23ClN4O/c1-9(2)15-18-8-13(17)14(20-15)16(22)21(3)12-6-10-4-5-11(7-12)19-10/h8-12,19H,4-7H2,1-3H3. The van der Waals surface area contributed by atoms with Crippen molar-refractivity contribution in [2.75, 3.05) is 7.05 Å². The van der Waals surface area contributed by atoms with Gasteiger partial charge in [0.25, 0.3) is 5.91 Å². The number of piperidine rings is 1. The molecule has 2 fully saturated rings. The lowest BCUT2D eigenvalue weighted by atomic mass is 9.98. The number of nitrogens with zero attached hydrogens (tertiary/aromatic N) is 3. The Balaban J connectivity index is 1.79. The maximum Gasteiger partial charge on any atom is 0.274 e. The molecule has 1 N–H and O–H groups in total. The van der Waals surface area contributed by atoms with Crippen molar-refractivity contribution < 1.29 is 4.79 Å². The molecule has 0 spiro atoms. The largest absolute Gasteiger partial charge is 0.337 e. The second kappa shape index (κ2) is 6.13. The van der Waals surface area contributed by atoms with Gasteiger partial charge in [0.05, 0.1) is 11.2 Å². The van der Waals surface area contributed by atoms with E-state index in [1.165, 1.54) is 19.0 Å². The van der Waals surface area contributed by atoms with Gasteiger partial charge in [-0.05, 0) is 25.7 Å². The molecule has 3 rings (SSSR count). The number of carbonyl (C=O) groups is 1. The molecule has 1 aromatic rings. The highest BCUT2D eigenvalue weighted by molar-refractivity contribution is 6.33. The summed E-state index contributed by atoms with van der Waals surface area (Å²) in [5.41, 5.74) is 0.328. The molecule has 3 heterocycles. The van der Waals surface area contributed by atoms with Crippen molar-refractivity contribution in [2.24, 2.45) is 0 Å². The minimum atomic E-state index is -0.0967. The number of halogens is 1. The Morgan fingerprint density at radius 2 is 2.00 bits per heavy atom. The van der Waals surface area contributed by atoms with E-state index in [-0.39, 0.29) is 17.9 Å². The zero-order valence-electron chi connectivity index (χ0n) is 13.3. The number of fused-ring (bicyclic) bond motifs is 2. The molecule has 0 aromatic carbocycles. The first kappa shape index (κ1) is 15.7. The molecular weight excluding hydrogens is 300 g/mol. The van der Waals surface area contributed by atoms with Crippen molar-refractivity contribution in [1.82, 2.24) is 20.2 Å². The van der Waals surface area contributed by atoms with Gasteiger partial charge in [-0.2, -0.15) is 0 Å². The maximum atomic E-state index is 12.8. The van der Waals surface area contributed by atoms with E-state index >= 15 is 0 Å². The summed E-state index contributed by atoms with van der Waals surface area (Å²) >= 11 is 6.16. The van der Waals surface area contributed by atoms with E-state index in [1.54, 1.807) is 0 Å². The van der Waals surface area contributed by atoms with Gasteiger partial charge in [-0.3, -0.25) is 4.79 Å². The van der Waals surface area contributed by atoms with Crippen LogP contribution in [-0.4, -0.2) is 45.9 Å². The van der Waals surface area contributed by atoms with Gasteiger partial charge in [-0.25, -0.2) is 9.97 Å². The Labute approximate surface area is 136 Å². The number of carbonyl (C=O) groups excluding carboxylic acids is 1. The minimum absolute atomic E-state index is 0.0967. The Kier molecular flexibility index (Phi) is 4.37. The van der Waals surface area contributed by atoms with Crippen molar-refractivity contribution in [1.29, 1.82) is 0 Å². The van der Waals surface area contributed by atoms with Gasteiger partial charge < -0.3 is 10.2 Å². The van der Waals surface area contributed by atoms with Crippen LogP contribution in [0.15, 0.2) is 6.20 Å². The Morgan fingerprint density at radius 3 is 2.59 bits per heavy atom. The fourth-order valence-corrected chi connectivity index (χ4v) is 3.66. The first-order valence-electron chi connectivity index (χ1n) is 8.01. The van der Waals surface area contributed by atoms with Crippen molar-refractivity contribution in [3.63, 3.8) is 0 Å². The lowest BCUT2D eigenvalue weighted by molar-refractivity contribution is 0.0675. The van der Waals surface area contributed by atoms with Crippen LogP contribution < -0.4 is 5.32 Å². The van der Waals surface area contributed by atoms with E-state index in [0.29, 0.717) is 28.6 Å². The molecule has 2 atom stereocenters. The molecule has 5 nitrogen and oxygen atoms in total. The quantitative estimate of drug-likeness (QED) is 0.929. The third-order valence-electron chi connectivity index (χ3n) is 4.80. The van der Waals surface area contributed by atoms with E-state index < -0.39 is 0 Å². The molecule has 6 heteroatoms. The molecule has 120 valence electrons. The molecule has 0 aliphatic carbocycles. The van der Waals surface area contributed by atoms with Crippen LogP contribution in [0.25, 0.3) is 0 Å². The zero-order valence-corrected chi connectivity index (χ0v) is 14.1. The van der Waals surface area contributed by atoms with Gasteiger partial charge in [-0.1, -0.05) is 25.4 Å². The van der Waals surface area contributed by atoms with Crippen LogP contribution >= 0.6 is 11.6 Å². The summed E-state index contributed by atoms with van der Waals surface area (Å²) in [6.45, 7) is 4.01. The van der Waals surface area contributed by atoms with Crippen molar-refractivity contribution in [3.8, 4) is 0 Å². The molecule has 2 bridgehead atoms. The lowest BCUT2D eigenvalue weighted by Gasteiger charge is -2.35. The summed E-state index contributed by atoms with van der Waals surface area (Å²) in [6.07, 6.45) is 6.00. The van der Waals surface area contributed by atoms with Gasteiger partial charge in [0, 0.05) is 31.1 Å². The summed E-state index contributed by atoms with van der Waals surface area (Å²) in [6, 6.07) is 1.36. The summed E-state index contributed by atoms with van der Waals surface area (Å²) in [5, 5.41) is 3.93. The highest BCUT2D eigenvalue weighted by atomic mass is 35.5. The summed E-state index contributed by atoms with van der Waals surface area (Å²) in [7, 11) is 1.87. The van der Waals surface area contributed by atoms with Crippen LogP contribution in [0.2, 0.25) is 5.02 Å². The van der Waals surface area contributed by atoms with Crippen LogP contribution in [0.4, 0.5) is 0 Å². The minimum Gasteiger partial charge on any atom is -0.337 e. The third-order valence-corrected chi connectivity index (χ3v) is 5.07. The fourth-order valence-electron chi connectivity index (χ4n) is 3.49. The number of aromatic nitrogens is 2. The second-order valence-corrected chi connectivity index (χ2v) is 7.17. The second-order valence-electron chi connectivity index (χ2n) is 6.76. The Hall–Kier alpha value is -1.20. The van der Waals surface area contributed by atoms with E-state index in [9.17, 15) is 4.79 Å². The fraction of sp³-hybridized carbons (Fsp3) is 0.688. The number of hydrogen-bond donors (Lipinski definition) is 1. The highest BCUT2D eigenvalue weighted by Gasteiger charge is 2.37. The van der Waals surface area contributed by atoms with Crippen LogP contribution in [0.1, 0.15) is 61.8 Å². The molecule has 2 aliphatic rings. The van der Waals surface area contributed by atoms with Crippen LogP contribution in [-0.2, 0) is 0 Å². The summed E-state index contributed by atoms with van der Waals surface area (Å²) < 4.78 is 0. The number of rotatable bonds is 3. The first-order valence-corrected chi connectivity index (χ1v) is 8.39. The molecule has 1 aromatic heterocycles. The van der Waals surface area contributed by atoms with Crippen molar-refractivity contribution >= 4 is 17.5 Å². The van der Waals surface area contributed by atoms with Crippen LogP contribution in [0, 0.1) is 0 Å². The van der Waals surface area contributed by atoms with Gasteiger partial charge >= 0.3 is 0 Å². The van der Waals surface area contributed by atoms with Crippen molar-refractivity contribution in [3.05, 3.63) is 22.7 Å². The predicted octanol–water partition coefficient (Wildman–Crippen LogP) is 2.61. The van der Waals surface area contributed by atoms with Gasteiger partial charge in [-0.15, -0.1) is 0 Å². The Morgan fingerprint density at radius 1 is 1.36 bits per heavy atom. The Bertz CT molecular complexity index is 565. The summed E-state index contributed by atoms with van der Waals surface area (Å²) in [4.78, 5) is 23.2. The van der Waals surface area contributed by atoms with E-state index in [1.807, 2.05) is 25.8 Å². The number of hydrogen-bond acceptors (Lipinski definition) is 4. The predicted molar refractivity (Wildman–Crippen MR) is 86.2 cm³/mol. The smallest absolute Gasteiger partial charge is 0.274 e. The number of nitrogens with one attached hydrogen (secondary N) is 1. The SMILES string of the molecule is CC(C)c1ncc(Cl)c(C(=O)N(C)C2CC3CCC(C2)N3)n1. The third kappa shape index (κ3) is 2.97.